The van der Waals surface area contributed by atoms with Crippen LogP contribution >= 0.6 is 0 Å². The molecule has 3 rings (SSSR count). The zero-order chi connectivity index (χ0) is 11.8. The molecule has 0 radical (unpaired) electrons. The summed E-state index contributed by atoms with van der Waals surface area (Å²) in [5.74, 6) is 0.160. The maximum atomic E-state index is 11.2. The van der Waals surface area contributed by atoms with E-state index in [9.17, 15) is 9.90 Å². The fraction of sp³-hybridized carbons (Fsp3) is 0.455. The lowest BCUT2D eigenvalue weighted by Crippen LogP contribution is -2.28. The molecule has 6 nitrogen and oxygen atoms in total. The summed E-state index contributed by atoms with van der Waals surface area (Å²) in [5.41, 5.74) is 0.580. The maximum absolute atomic E-state index is 11.2. The molecule has 0 bridgehead atoms. The maximum Gasteiger partial charge on any atom is 0.254 e. The quantitative estimate of drug-likeness (QED) is 0.676. The van der Waals surface area contributed by atoms with Gasteiger partial charge in [0, 0.05) is 18.5 Å². The number of H-pyrrole nitrogens is 1. The predicted octanol–water partition coefficient (Wildman–Crippen LogP) is 0.689. The predicted molar refractivity (Wildman–Crippen MR) is 61.1 cm³/mol. The summed E-state index contributed by atoms with van der Waals surface area (Å²) in [6.07, 6.45) is 2.08. The Balaban J connectivity index is 2.13. The first kappa shape index (κ1) is 10.3. The van der Waals surface area contributed by atoms with E-state index in [-0.39, 0.29) is 22.9 Å². The minimum absolute atomic E-state index is 0.0643. The van der Waals surface area contributed by atoms with Gasteiger partial charge in [-0.3, -0.25) is 9.78 Å². The van der Waals surface area contributed by atoms with Crippen molar-refractivity contribution in [3.8, 4) is 5.75 Å². The minimum atomic E-state index is -0.389. The van der Waals surface area contributed by atoms with Crippen LogP contribution in [0.25, 0.3) is 11.1 Å². The van der Waals surface area contributed by atoms with Gasteiger partial charge in [-0.15, -0.1) is 0 Å². The van der Waals surface area contributed by atoms with Crippen LogP contribution in [0.2, 0.25) is 0 Å². The van der Waals surface area contributed by atoms with Gasteiger partial charge in [-0.1, -0.05) is 5.16 Å². The highest BCUT2D eigenvalue weighted by molar-refractivity contribution is 5.83. The first-order valence-corrected chi connectivity index (χ1v) is 5.68. The van der Waals surface area contributed by atoms with Crippen LogP contribution in [0.3, 0.4) is 0 Å². The molecule has 1 aliphatic rings. The molecule has 17 heavy (non-hydrogen) atoms. The number of nitrogens with zero attached hydrogens (tertiary/aromatic N) is 1. The first-order chi connectivity index (χ1) is 8.25. The van der Waals surface area contributed by atoms with Gasteiger partial charge in [-0.05, 0) is 19.4 Å². The number of rotatable bonds is 1. The Bertz CT molecular complexity index is 596. The molecule has 0 spiro atoms. The Labute approximate surface area is 96.6 Å². The zero-order valence-electron chi connectivity index (χ0n) is 9.19. The summed E-state index contributed by atoms with van der Waals surface area (Å²) in [5, 5.41) is 17.6. The lowest BCUT2D eigenvalue weighted by atomic mass is 9.94. The van der Waals surface area contributed by atoms with E-state index < -0.39 is 0 Å². The molecule has 90 valence electrons. The highest BCUT2D eigenvalue weighted by Crippen LogP contribution is 2.32. The normalized spacial score (nSPS) is 20.8. The Morgan fingerprint density at radius 1 is 1.53 bits per heavy atom. The molecule has 1 fully saturated rings. The van der Waals surface area contributed by atoms with E-state index in [0.717, 1.165) is 37.7 Å². The summed E-state index contributed by atoms with van der Waals surface area (Å²) >= 11 is 0. The number of hydrogen-bond donors (Lipinski definition) is 3. The zero-order valence-corrected chi connectivity index (χ0v) is 9.19. The average Bonchev–Trinajstić information content (AvgIpc) is 2.74. The number of aromatic hydroxyl groups is 1. The third kappa shape index (κ3) is 1.70. The molecular formula is C11H13N3O3. The van der Waals surface area contributed by atoms with Crippen LogP contribution in [-0.4, -0.2) is 28.3 Å². The monoisotopic (exact) mass is 235 g/mol. The summed E-state index contributed by atoms with van der Waals surface area (Å²) in [4.78, 5) is 13.7. The Morgan fingerprint density at radius 3 is 3.18 bits per heavy atom. The number of aromatic nitrogens is 2. The van der Waals surface area contributed by atoms with Crippen molar-refractivity contribution in [2.24, 2.45) is 0 Å². The topological polar surface area (TPSA) is 91.2 Å². The van der Waals surface area contributed by atoms with E-state index in [1.54, 1.807) is 0 Å². The summed E-state index contributed by atoms with van der Waals surface area (Å²) in [7, 11) is 0. The van der Waals surface area contributed by atoms with Crippen LogP contribution in [0.4, 0.5) is 0 Å². The van der Waals surface area contributed by atoms with Crippen molar-refractivity contribution in [1.29, 1.82) is 0 Å². The van der Waals surface area contributed by atoms with Gasteiger partial charge in [0.2, 0.25) is 5.71 Å². The van der Waals surface area contributed by atoms with E-state index in [4.69, 9.17) is 4.52 Å². The van der Waals surface area contributed by atoms with Crippen molar-refractivity contribution in [3.05, 3.63) is 22.1 Å². The molecule has 3 N–H and O–H groups in total. The van der Waals surface area contributed by atoms with Crippen molar-refractivity contribution in [3.63, 3.8) is 0 Å². The number of pyridine rings is 1. The first-order valence-electron chi connectivity index (χ1n) is 5.68. The Kier molecular flexibility index (Phi) is 2.36. The van der Waals surface area contributed by atoms with Crippen molar-refractivity contribution >= 4 is 11.1 Å². The molecule has 0 aromatic carbocycles. The fourth-order valence-corrected chi connectivity index (χ4v) is 2.34. The minimum Gasteiger partial charge on any atom is -0.507 e. The standard InChI is InChI=1S/C11H13N3O3/c15-7-4-8(16)13-11-9(7)10(14-17-11)6-2-1-3-12-5-6/h4,6,12H,1-3,5H2,(H2,13,15,16). The van der Waals surface area contributed by atoms with Crippen molar-refractivity contribution in [1.82, 2.24) is 15.5 Å². The number of hydrogen-bond acceptors (Lipinski definition) is 5. The second-order valence-corrected chi connectivity index (χ2v) is 4.33. The average molecular weight is 235 g/mol. The smallest absolute Gasteiger partial charge is 0.254 e. The molecule has 0 amide bonds. The van der Waals surface area contributed by atoms with E-state index >= 15 is 0 Å². The molecule has 6 heteroatoms. The van der Waals surface area contributed by atoms with Crippen molar-refractivity contribution in [2.75, 3.05) is 13.1 Å². The molecule has 3 heterocycles. The van der Waals surface area contributed by atoms with Gasteiger partial charge >= 0.3 is 0 Å². The number of aromatic amines is 1. The highest BCUT2D eigenvalue weighted by Gasteiger charge is 2.23. The second kappa shape index (κ2) is 3.89. The summed E-state index contributed by atoms with van der Waals surface area (Å²) in [6, 6.07) is 1.15. The summed E-state index contributed by atoms with van der Waals surface area (Å²) in [6.45, 7) is 1.83. The highest BCUT2D eigenvalue weighted by atomic mass is 16.5. The second-order valence-electron chi connectivity index (χ2n) is 4.33. The van der Waals surface area contributed by atoms with Gasteiger partial charge in [0.15, 0.2) is 0 Å². The van der Waals surface area contributed by atoms with Crippen LogP contribution in [0.1, 0.15) is 24.5 Å². The van der Waals surface area contributed by atoms with Crippen LogP contribution in [0.15, 0.2) is 15.4 Å². The molecule has 1 saturated heterocycles. The van der Waals surface area contributed by atoms with E-state index in [2.05, 4.69) is 15.5 Å². The van der Waals surface area contributed by atoms with E-state index in [0.29, 0.717) is 5.39 Å². The van der Waals surface area contributed by atoms with Gasteiger partial charge in [-0.25, -0.2) is 0 Å². The third-order valence-electron chi connectivity index (χ3n) is 3.16. The molecule has 1 unspecified atom stereocenters. The van der Waals surface area contributed by atoms with E-state index in [1.165, 1.54) is 0 Å². The van der Waals surface area contributed by atoms with Crippen LogP contribution in [0.5, 0.6) is 5.75 Å². The molecule has 1 atom stereocenters. The third-order valence-corrected chi connectivity index (χ3v) is 3.16. The van der Waals surface area contributed by atoms with Gasteiger partial charge < -0.3 is 14.9 Å². The van der Waals surface area contributed by atoms with Crippen molar-refractivity contribution < 1.29 is 9.63 Å². The summed E-state index contributed by atoms with van der Waals surface area (Å²) < 4.78 is 5.07. The Hall–Kier alpha value is -1.82. The van der Waals surface area contributed by atoms with Gasteiger partial charge in [-0.2, -0.15) is 0 Å². The van der Waals surface area contributed by atoms with Gasteiger partial charge in [0.05, 0.1) is 0 Å². The van der Waals surface area contributed by atoms with Crippen LogP contribution in [0, 0.1) is 0 Å². The number of piperidine rings is 1. The van der Waals surface area contributed by atoms with Gasteiger partial charge in [0.1, 0.15) is 16.8 Å². The van der Waals surface area contributed by atoms with Crippen LogP contribution in [-0.2, 0) is 0 Å². The molecule has 1 aliphatic heterocycles. The fourth-order valence-electron chi connectivity index (χ4n) is 2.34. The molecule has 2 aromatic rings. The van der Waals surface area contributed by atoms with Gasteiger partial charge in [0.25, 0.3) is 5.56 Å². The number of fused-ring (bicyclic) bond motifs is 1. The molecule has 0 aliphatic carbocycles. The molecule has 0 saturated carbocycles. The van der Waals surface area contributed by atoms with Crippen LogP contribution < -0.4 is 10.9 Å². The Morgan fingerprint density at radius 2 is 2.41 bits per heavy atom. The molecular weight excluding hydrogens is 222 g/mol. The largest absolute Gasteiger partial charge is 0.507 e. The SMILES string of the molecule is O=c1cc(O)c2c(C3CCCNC3)noc2[nH]1. The lowest BCUT2D eigenvalue weighted by Gasteiger charge is -2.20. The van der Waals surface area contributed by atoms with Crippen molar-refractivity contribution in [2.45, 2.75) is 18.8 Å². The molecule has 2 aromatic heterocycles. The lowest BCUT2D eigenvalue weighted by molar-refractivity contribution is 0.401. The number of nitrogens with one attached hydrogen (secondary N) is 2. The van der Waals surface area contributed by atoms with E-state index in [1.807, 2.05) is 0 Å².